The van der Waals surface area contributed by atoms with Crippen molar-refractivity contribution in [2.45, 2.75) is 71.1 Å². The standard InChI is InChI=1S/C16H32N2O/c1-5-6-15-11-17-16(4,14-7-8-14)12-18(15)9-10-19-13(2)3/h13-15,17H,5-12H2,1-4H3. The Morgan fingerprint density at radius 2 is 2.11 bits per heavy atom. The SMILES string of the molecule is CCCC1CNC(C)(C2CC2)CN1CCOC(C)C. The highest BCUT2D eigenvalue weighted by Gasteiger charge is 2.45. The first-order valence-corrected chi connectivity index (χ1v) is 8.16. The van der Waals surface area contributed by atoms with Gasteiger partial charge in [0.05, 0.1) is 12.7 Å². The van der Waals surface area contributed by atoms with E-state index in [0.29, 0.717) is 17.7 Å². The fourth-order valence-electron chi connectivity index (χ4n) is 3.37. The third kappa shape index (κ3) is 4.17. The second kappa shape index (κ2) is 6.55. The zero-order valence-electron chi connectivity index (χ0n) is 13.2. The third-order valence-electron chi connectivity index (χ3n) is 4.72. The fraction of sp³-hybridized carbons (Fsp3) is 1.00. The van der Waals surface area contributed by atoms with Crippen molar-refractivity contribution in [1.82, 2.24) is 10.2 Å². The van der Waals surface area contributed by atoms with Gasteiger partial charge in [0.2, 0.25) is 0 Å². The molecule has 3 nitrogen and oxygen atoms in total. The lowest BCUT2D eigenvalue weighted by Gasteiger charge is -2.47. The monoisotopic (exact) mass is 268 g/mol. The zero-order valence-corrected chi connectivity index (χ0v) is 13.2. The van der Waals surface area contributed by atoms with Crippen molar-refractivity contribution in [2.75, 3.05) is 26.2 Å². The average molecular weight is 268 g/mol. The van der Waals surface area contributed by atoms with E-state index < -0.39 is 0 Å². The summed E-state index contributed by atoms with van der Waals surface area (Å²) >= 11 is 0. The van der Waals surface area contributed by atoms with Crippen molar-refractivity contribution in [3.63, 3.8) is 0 Å². The Balaban J connectivity index is 1.88. The summed E-state index contributed by atoms with van der Waals surface area (Å²) in [4.78, 5) is 2.68. The van der Waals surface area contributed by atoms with Gasteiger partial charge in [-0.25, -0.2) is 0 Å². The van der Waals surface area contributed by atoms with Gasteiger partial charge in [-0.1, -0.05) is 13.3 Å². The van der Waals surface area contributed by atoms with Crippen LogP contribution in [0.1, 0.15) is 53.4 Å². The molecule has 0 amide bonds. The highest BCUT2D eigenvalue weighted by molar-refractivity contribution is 5.04. The van der Waals surface area contributed by atoms with Crippen LogP contribution in [0.5, 0.6) is 0 Å². The van der Waals surface area contributed by atoms with Crippen molar-refractivity contribution in [2.24, 2.45) is 5.92 Å². The van der Waals surface area contributed by atoms with Crippen LogP contribution >= 0.6 is 0 Å². The minimum atomic E-state index is 0.349. The maximum absolute atomic E-state index is 5.75. The van der Waals surface area contributed by atoms with Gasteiger partial charge in [-0.3, -0.25) is 4.90 Å². The number of nitrogens with zero attached hydrogens (tertiary/aromatic N) is 1. The molecule has 1 N–H and O–H groups in total. The fourth-order valence-corrected chi connectivity index (χ4v) is 3.37. The van der Waals surface area contributed by atoms with E-state index in [1.807, 2.05) is 0 Å². The number of nitrogens with one attached hydrogen (secondary N) is 1. The number of rotatable bonds is 7. The highest BCUT2D eigenvalue weighted by Crippen LogP contribution is 2.41. The summed E-state index contributed by atoms with van der Waals surface area (Å²) in [5.41, 5.74) is 0.349. The molecule has 2 unspecified atom stereocenters. The van der Waals surface area contributed by atoms with E-state index in [1.165, 1.54) is 32.2 Å². The predicted molar refractivity (Wildman–Crippen MR) is 80.5 cm³/mol. The molecule has 1 saturated heterocycles. The van der Waals surface area contributed by atoms with Crippen LogP contribution in [0.3, 0.4) is 0 Å². The number of ether oxygens (including phenoxy) is 1. The third-order valence-corrected chi connectivity index (χ3v) is 4.72. The Morgan fingerprint density at radius 1 is 1.37 bits per heavy atom. The van der Waals surface area contributed by atoms with E-state index in [0.717, 1.165) is 25.6 Å². The molecule has 2 atom stereocenters. The van der Waals surface area contributed by atoms with Gasteiger partial charge in [0.1, 0.15) is 0 Å². The zero-order chi connectivity index (χ0) is 13.9. The number of hydrogen-bond acceptors (Lipinski definition) is 3. The molecule has 19 heavy (non-hydrogen) atoms. The van der Waals surface area contributed by atoms with Gasteiger partial charge in [-0.2, -0.15) is 0 Å². The van der Waals surface area contributed by atoms with Gasteiger partial charge in [0.25, 0.3) is 0 Å². The first-order chi connectivity index (χ1) is 9.05. The van der Waals surface area contributed by atoms with Crippen LogP contribution in [0.15, 0.2) is 0 Å². The minimum absolute atomic E-state index is 0.349. The molecule has 0 aromatic rings. The van der Waals surface area contributed by atoms with Crippen molar-refractivity contribution >= 4 is 0 Å². The first-order valence-electron chi connectivity index (χ1n) is 8.16. The van der Waals surface area contributed by atoms with Gasteiger partial charge in [-0.15, -0.1) is 0 Å². The molecule has 2 rings (SSSR count). The van der Waals surface area contributed by atoms with Crippen LogP contribution in [-0.4, -0.2) is 48.8 Å². The van der Waals surface area contributed by atoms with Crippen LogP contribution in [0, 0.1) is 5.92 Å². The molecular formula is C16H32N2O. The molecule has 0 aromatic heterocycles. The van der Waals surface area contributed by atoms with Gasteiger partial charge >= 0.3 is 0 Å². The molecule has 0 aromatic carbocycles. The first kappa shape index (κ1) is 15.3. The second-order valence-electron chi connectivity index (χ2n) is 6.91. The Labute approximate surface area is 119 Å². The van der Waals surface area contributed by atoms with Crippen LogP contribution in [0.25, 0.3) is 0 Å². The van der Waals surface area contributed by atoms with E-state index in [4.69, 9.17) is 4.74 Å². The largest absolute Gasteiger partial charge is 0.377 e. The van der Waals surface area contributed by atoms with Crippen LogP contribution < -0.4 is 5.32 Å². The summed E-state index contributed by atoms with van der Waals surface area (Å²) < 4.78 is 5.75. The van der Waals surface area contributed by atoms with E-state index in [9.17, 15) is 0 Å². The molecule has 2 fully saturated rings. The molecule has 2 aliphatic rings. The summed E-state index contributed by atoms with van der Waals surface area (Å²) in [5, 5.41) is 3.84. The molecule has 0 radical (unpaired) electrons. The van der Waals surface area contributed by atoms with Crippen molar-refractivity contribution in [3.05, 3.63) is 0 Å². The Morgan fingerprint density at radius 3 is 2.68 bits per heavy atom. The molecule has 1 heterocycles. The average Bonchev–Trinajstić information content (AvgIpc) is 3.17. The Hall–Kier alpha value is -0.120. The van der Waals surface area contributed by atoms with Crippen molar-refractivity contribution in [1.29, 1.82) is 0 Å². The molecule has 3 heteroatoms. The molecule has 0 spiro atoms. The summed E-state index contributed by atoms with van der Waals surface area (Å²) in [5.74, 6) is 0.906. The smallest absolute Gasteiger partial charge is 0.0597 e. The van der Waals surface area contributed by atoms with Crippen LogP contribution in [0.2, 0.25) is 0 Å². The van der Waals surface area contributed by atoms with E-state index in [2.05, 4.69) is 37.9 Å². The second-order valence-corrected chi connectivity index (χ2v) is 6.91. The highest BCUT2D eigenvalue weighted by atomic mass is 16.5. The number of piperazine rings is 1. The minimum Gasteiger partial charge on any atom is -0.377 e. The van der Waals surface area contributed by atoms with Crippen molar-refractivity contribution in [3.8, 4) is 0 Å². The molecular weight excluding hydrogens is 236 g/mol. The normalized spacial score (nSPS) is 33.0. The molecule has 0 bridgehead atoms. The Bertz CT molecular complexity index is 278. The summed E-state index contributed by atoms with van der Waals surface area (Å²) in [6.45, 7) is 13.3. The summed E-state index contributed by atoms with van der Waals surface area (Å²) in [6, 6.07) is 0.701. The van der Waals surface area contributed by atoms with E-state index in [1.54, 1.807) is 0 Å². The predicted octanol–water partition coefficient (Wildman–Crippen LogP) is 2.65. The molecule has 1 aliphatic heterocycles. The van der Waals surface area contributed by atoms with Crippen molar-refractivity contribution < 1.29 is 4.74 Å². The summed E-state index contributed by atoms with van der Waals surface area (Å²) in [7, 11) is 0. The lowest BCUT2D eigenvalue weighted by Crippen LogP contribution is -2.64. The molecule has 1 aliphatic carbocycles. The van der Waals surface area contributed by atoms with Crippen LogP contribution in [0.4, 0.5) is 0 Å². The maximum Gasteiger partial charge on any atom is 0.0597 e. The maximum atomic E-state index is 5.75. The van der Waals surface area contributed by atoms with E-state index >= 15 is 0 Å². The lowest BCUT2D eigenvalue weighted by molar-refractivity contribution is 0.0176. The van der Waals surface area contributed by atoms with Gasteiger partial charge in [0.15, 0.2) is 0 Å². The lowest BCUT2D eigenvalue weighted by atomic mass is 9.90. The number of hydrogen-bond donors (Lipinski definition) is 1. The summed E-state index contributed by atoms with van der Waals surface area (Å²) in [6.07, 6.45) is 5.75. The van der Waals surface area contributed by atoms with Gasteiger partial charge in [0, 0.05) is 31.2 Å². The Kier molecular flexibility index (Phi) is 5.27. The quantitative estimate of drug-likeness (QED) is 0.768. The topological polar surface area (TPSA) is 24.5 Å². The van der Waals surface area contributed by atoms with E-state index in [-0.39, 0.29) is 0 Å². The van der Waals surface area contributed by atoms with Gasteiger partial charge in [-0.05, 0) is 46.0 Å². The van der Waals surface area contributed by atoms with Crippen LogP contribution in [-0.2, 0) is 4.74 Å². The molecule has 112 valence electrons. The van der Waals surface area contributed by atoms with Gasteiger partial charge < -0.3 is 10.1 Å². The molecule has 1 saturated carbocycles.